The fourth-order valence-electron chi connectivity index (χ4n) is 4.23. The number of carbonyl (C=O) groups excluding carboxylic acids is 2. The number of hydrogen-bond acceptors (Lipinski definition) is 7. The molecule has 0 bridgehead atoms. The summed E-state index contributed by atoms with van der Waals surface area (Å²) in [6.07, 6.45) is 0. The highest BCUT2D eigenvalue weighted by Crippen LogP contribution is 2.42. The molecule has 1 unspecified atom stereocenters. The second-order valence-corrected chi connectivity index (χ2v) is 8.39. The molecular formula is C26H31ClN2O6. The molecule has 1 N–H and O–H groups in total. The van der Waals surface area contributed by atoms with Gasteiger partial charge < -0.3 is 29.1 Å². The monoisotopic (exact) mass is 502 g/mol. The number of hydrogen-bond donors (Lipinski definition) is 1. The average molecular weight is 503 g/mol. The Balaban J connectivity index is 2.18. The van der Waals surface area contributed by atoms with Crippen LogP contribution in [0.1, 0.15) is 31.0 Å². The molecule has 2 aromatic rings. The van der Waals surface area contributed by atoms with Gasteiger partial charge in [-0.2, -0.15) is 0 Å². The third-order valence-corrected chi connectivity index (χ3v) is 6.55. The molecule has 0 aliphatic carbocycles. The van der Waals surface area contributed by atoms with Gasteiger partial charge in [-0.1, -0.05) is 31.5 Å². The summed E-state index contributed by atoms with van der Waals surface area (Å²) in [5, 5.41) is 11.6. The molecule has 35 heavy (non-hydrogen) atoms. The quantitative estimate of drug-likeness (QED) is 0.297. The third-order valence-electron chi connectivity index (χ3n) is 6.24. The summed E-state index contributed by atoms with van der Waals surface area (Å²) in [4.78, 5) is 30.1. The summed E-state index contributed by atoms with van der Waals surface area (Å²) in [5.74, 6) is -0.418. The van der Waals surface area contributed by atoms with Crippen LogP contribution in [0, 0.1) is 0 Å². The number of rotatable bonds is 10. The lowest BCUT2D eigenvalue weighted by molar-refractivity contribution is -0.140. The number of aliphatic hydroxyl groups is 1. The van der Waals surface area contributed by atoms with E-state index < -0.39 is 17.7 Å². The average Bonchev–Trinajstić information content (AvgIpc) is 3.13. The van der Waals surface area contributed by atoms with Crippen LogP contribution in [0.3, 0.4) is 0 Å². The fraction of sp³-hybridized carbons (Fsp3) is 0.385. The van der Waals surface area contributed by atoms with Gasteiger partial charge in [0.15, 0.2) is 11.5 Å². The number of aliphatic hydroxyl groups excluding tert-OH is 1. The van der Waals surface area contributed by atoms with E-state index in [2.05, 4.69) is 4.90 Å². The molecule has 0 spiro atoms. The Morgan fingerprint density at radius 3 is 2.23 bits per heavy atom. The Morgan fingerprint density at radius 2 is 1.63 bits per heavy atom. The molecule has 1 fully saturated rings. The van der Waals surface area contributed by atoms with Gasteiger partial charge >= 0.3 is 0 Å². The van der Waals surface area contributed by atoms with E-state index in [0.717, 1.165) is 13.1 Å². The van der Waals surface area contributed by atoms with E-state index in [-0.39, 0.29) is 11.3 Å². The number of nitrogens with zero attached hydrogens (tertiary/aromatic N) is 2. The molecule has 1 aliphatic rings. The number of benzene rings is 2. The van der Waals surface area contributed by atoms with Gasteiger partial charge in [0.2, 0.25) is 0 Å². The van der Waals surface area contributed by atoms with Crippen molar-refractivity contribution >= 4 is 29.1 Å². The highest BCUT2D eigenvalue weighted by atomic mass is 35.5. The lowest BCUT2D eigenvalue weighted by Crippen LogP contribution is -2.38. The van der Waals surface area contributed by atoms with Crippen molar-refractivity contribution in [1.29, 1.82) is 0 Å². The van der Waals surface area contributed by atoms with E-state index in [1.807, 2.05) is 13.8 Å². The predicted molar refractivity (Wildman–Crippen MR) is 134 cm³/mol. The molecule has 0 aromatic heterocycles. The van der Waals surface area contributed by atoms with Gasteiger partial charge in [0.1, 0.15) is 11.5 Å². The topological polar surface area (TPSA) is 88.5 Å². The molecule has 0 radical (unpaired) electrons. The van der Waals surface area contributed by atoms with Gasteiger partial charge in [0.05, 0.1) is 38.0 Å². The molecule has 3 rings (SSSR count). The van der Waals surface area contributed by atoms with Crippen LogP contribution in [-0.4, -0.2) is 74.1 Å². The van der Waals surface area contributed by atoms with Crippen molar-refractivity contribution in [2.24, 2.45) is 0 Å². The number of amides is 1. The Bertz CT molecular complexity index is 1130. The van der Waals surface area contributed by atoms with E-state index in [1.54, 1.807) is 30.3 Å². The molecule has 0 saturated carbocycles. The summed E-state index contributed by atoms with van der Waals surface area (Å²) in [5.41, 5.74) is 0.925. The fourth-order valence-corrected chi connectivity index (χ4v) is 4.43. The number of likely N-dealkylation sites (N-methyl/N-ethyl adjacent to an activating group) is 1. The van der Waals surface area contributed by atoms with Crippen molar-refractivity contribution in [2.45, 2.75) is 19.9 Å². The summed E-state index contributed by atoms with van der Waals surface area (Å²) in [6.45, 7) is 6.59. The zero-order chi connectivity index (χ0) is 25.7. The highest BCUT2D eigenvalue weighted by molar-refractivity contribution is 6.46. The maximum Gasteiger partial charge on any atom is 0.295 e. The lowest BCUT2D eigenvalue weighted by Gasteiger charge is -2.28. The number of halogens is 1. The highest BCUT2D eigenvalue weighted by Gasteiger charge is 2.46. The van der Waals surface area contributed by atoms with E-state index >= 15 is 0 Å². The number of ether oxygens (including phenoxy) is 3. The SMILES string of the molecule is CCN(CC)CCN1C(=O)C(=O)/C(=C(\O)c2ccc(Cl)c(OC)c2)C1c1ccc(OC)c(OC)c1. The van der Waals surface area contributed by atoms with Crippen molar-refractivity contribution in [2.75, 3.05) is 47.5 Å². The van der Waals surface area contributed by atoms with Crippen LogP contribution >= 0.6 is 11.6 Å². The standard InChI is InChI=1S/C26H31ClN2O6/c1-6-28(7-2)12-13-29-23(16-9-11-19(33-3)21(14-16)35-5)22(25(31)26(29)32)24(30)17-8-10-18(27)20(15-17)34-4/h8-11,14-15,23,30H,6-7,12-13H2,1-5H3/b24-22-. The second-order valence-electron chi connectivity index (χ2n) is 7.98. The number of carbonyl (C=O) groups is 2. The lowest BCUT2D eigenvalue weighted by atomic mass is 9.95. The van der Waals surface area contributed by atoms with E-state index in [9.17, 15) is 14.7 Å². The zero-order valence-electron chi connectivity index (χ0n) is 20.6. The van der Waals surface area contributed by atoms with Crippen LogP contribution < -0.4 is 14.2 Å². The van der Waals surface area contributed by atoms with Gasteiger partial charge in [0.25, 0.3) is 11.7 Å². The first-order valence-corrected chi connectivity index (χ1v) is 11.8. The van der Waals surface area contributed by atoms with Gasteiger partial charge in [-0.05, 0) is 49.0 Å². The first-order chi connectivity index (χ1) is 16.8. The molecule has 1 saturated heterocycles. The Morgan fingerprint density at radius 1 is 0.971 bits per heavy atom. The molecule has 1 aliphatic heterocycles. The first kappa shape index (κ1) is 26.4. The van der Waals surface area contributed by atoms with Crippen molar-refractivity contribution in [3.8, 4) is 17.2 Å². The molecule has 8 nitrogen and oxygen atoms in total. The zero-order valence-corrected chi connectivity index (χ0v) is 21.4. The first-order valence-electron chi connectivity index (χ1n) is 11.4. The number of Topliss-reactive ketones (excluding diaryl/α,β-unsaturated/α-hetero) is 1. The number of methoxy groups -OCH3 is 3. The minimum atomic E-state index is -0.813. The van der Waals surface area contributed by atoms with E-state index in [4.69, 9.17) is 25.8 Å². The van der Waals surface area contributed by atoms with Gasteiger partial charge in [-0.3, -0.25) is 9.59 Å². The largest absolute Gasteiger partial charge is 0.507 e. The summed E-state index contributed by atoms with van der Waals surface area (Å²) in [7, 11) is 4.50. The molecular weight excluding hydrogens is 472 g/mol. The van der Waals surface area contributed by atoms with Crippen LogP contribution in [0.5, 0.6) is 17.2 Å². The maximum absolute atomic E-state index is 13.3. The van der Waals surface area contributed by atoms with Crippen LogP contribution in [0.2, 0.25) is 5.02 Å². The third kappa shape index (κ3) is 5.23. The minimum Gasteiger partial charge on any atom is -0.507 e. The van der Waals surface area contributed by atoms with Gasteiger partial charge in [0, 0.05) is 18.7 Å². The van der Waals surface area contributed by atoms with Crippen molar-refractivity contribution in [3.05, 3.63) is 58.1 Å². The predicted octanol–water partition coefficient (Wildman–Crippen LogP) is 4.13. The van der Waals surface area contributed by atoms with E-state index in [0.29, 0.717) is 46.5 Å². The Kier molecular flexibility index (Phi) is 8.64. The van der Waals surface area contributed by atoms with Crippen molar-refractivity contribution in [3.63, 3.8) is 0 Å². The van der Waals surface area contributed by atoms with Crippen LogP contribution in [-0.2, 0) is 9.59 Å². The summed E-state index contributed by atoms with van der Waals surface area (Å²) in [6, 6.07) is 9.06. The molecule has 188 valence electrons. The van der Waals surface area contributed by atoms with Crippen molar-refractivity contribution < 1.29 is 28.9 Å². The van der Waals surface area contributed by atoms with E-state index in [1.165, 1.54) is 32.3 Å². The minimum absolute atomic E-state index is 0.00820. The normalized spacial score (nSPS) is 17.2. The molecule has 9 heteroatoms. The Hall–Kier alpha value is -3.23. The molecule has 1 amide bonds. The smallest absolute Gasteiger partial charge is 0.295 e. The number of ketones is 1. The van der Waals surface area contributed by atoms with Gasteiger partial charge in [-0.15, -0.1) is 0 Å². The molecule has 1 heterocycles. The Labute approximate surface area is 210 Å². The molecule has 1 atom stereocenters. The maximum atomic E-state index is 13.3. The summed E-state index contributed by atoms with van der Waals surface area (Å²) < 4.78 is 16.1. The second kappa shape index (κ2) is 11.5. The summed E-state index contributed by atoms with van der Waals surface area (Å²) >= 11 is 6.14. The van der Waals surface area contributed by atoms with Crippen LogP contribution in [0.15, 0.2) is 42.0 Å². The van der Waals surface area contributed by atoms with Crippen LogP contribution in [0.4, 0.5) is 0 Å². The molecule has 2 aromatic carbocycles. The van der Waals surface area contributed by atoms with Crippen molar-refractivity contribution in [1.82, 2.24) is 9.80 Å². The van der Waals surface area contributed by atoms with Crippen LogP contribution in [0.25, 0.3) is 5.76 Å². The van der Waals surface area contributed by atoms with Gasteiger partial charge in [-0.25, -0.2) is 0 Å². The number of likely N-dealkylation sites (tertiary alicyclic amines) is 1.